The number of methoxy groups -OCH3 is 4. The zero-order valence-electron chi connectivity index (χ0n) is 18.6. The molecule has 0 saturated heterocycles. The lowest BCUT2D eigenvalue weighted by Crippen LogP contribution is -2.30. The Morgan fingerprint density at radius 1 is 0.806 bits per heavy atom. The summed E-state index contributed by atoms with van der Waals surface area (Å²) in [4.78, 5) is 2.50. The SMILES string of the molecule is COc1cccc(CN2CCCn3cccc3[C@@H]2c2cc(OC)c(OC)cc2OC)c1. The molecule has 0 unspecified atom stereocenters. The van der Waals surface area contributed by atoms with Crippen molar-refractivity contribution in [1.82, 2.24) is 9.47 Å². The first-order chi connectivity index (χ1) is 15.2. The third kappa shape index (κ3) is 4.21. The van der Waals surface area contributed by atoms with Crippen molar-refractivity contribution in [1.29, 1.82) is 0 Å². The molecule has 31 heavy (non-hydrogen) atoms. The molecule has 4 rings (SSSR count). The number of fused-ring (bicyclic) bond motifs is 1. The molecule has 0 saturated carbocycles. The van der Waals surface area contributed by atoms with Gasteiger partial charge in [-0.1, -0.05) is 12.1 Å². The minimum absolute atomic E-state index is 0.0125. The van der Waals surface area contributed by atoms with Crippen LogP contribution in [-0.2, 0) is 13.1 Å². The molecule has 1 aliphatic rings. The smallest absolute Gasteiger partial charge is 0.164 e. The van der Waals surface area contributed by atoms with Crippen LogP contribution in [0, 0.1) is 0 Å². The zero-order chi connectivity index (χ0) is 21.8. The van der Waals surface area contributed by atoms with Gasteiger partial charge < -0.3 is 23.5 Å². The summed E-state index contributed by atoms with van der Waals surface area (Å²) in [7, 11) is 6.71. The van der Waals surface area contributed by atoms with Crippen LogP contribution >= 0.6 is 0 Å². The second kappa shape index (κ2) is 9.35. The van der Waals surface area contributed by atoms with Crippen LogP contribution in [0.4, 0.5) is 0 Å². The number of hydrogen-bond donors (Lipinski definition) is 0. The molecule has 6 heteroatoms. The van der Waals surface area contributed by atoms with E-state index in [1.807, 2.05) is 24.3 Å². The summed E-state index contributed by atoms with van der Waals surface area (Å²) in [6, 6.07) is 16.6. The fourth-order valence-corrected chi connectivity index (χ4v) is 4.44. The van der Waals surface area contributed by atoms with Gasteiger partial charge >= 0.3 is 0 Å². The van der Waals surface area contributed by atoms with E-state index in [2.05, 4.69) is 39.9 Å². The lowest BCUT2D eigenvalue weighted by Gasteiger charge is -2.32. The molecule has 0 fully saturated rings. The highest BCUT2D eigenvalue weighted by atomic mass is 16.5. The summed E-state index contributed by atoms with van der Waals surface area (Å²) < 4.78 is 24.7. The third-order valence-corrected chi connectivity index (χ3v) is 5.90. The van der Waals surface area contributed by atoms with Crippen LogP contribution in [0.2, 0.25) is 0 Å². The number of aryl methyl sites for hydroxylation is 1. The lowest BCUT2D eigenvalue weighted by atomic mass is 9.99. The second-order valence-corrected chi connectivity index (χ2v) is 7.65. The molecule has 164 valence electrons. The van der Waals surface area contributed by atoms with Crippen LogP contribution in [-0.4, -0.2) is 44.5 Å². The van der Waals surface area contributed by atoms with Crippen LogP contribution in [0.25, 0.3) is 0 Å². The molecule has 3 aromatic rings. The van der Waals surface area contributed by atoms with Crippen molar-refractivity contribution < 1.29 is 18.9 Å². The van der Waals surface area contributed by atoms with E-state index >= 15 is 0 Å². The summed E-state index contributed by atoms with van der Waals surface area (Å²) in [5, 5.41) is 0. The molecule has 1 aliphatic heterocycles. The van der Waals surface area contributed by atoms with Gasteiger partial charge in [-0.05, 0) is 42.3 Å². The number of aromatic nitrogens is 1. The Kier molecular flexibility index (Phi) is 6.37. The van der Waals surface area contributed by atoms with E-state index < -0.39 is 0 Å². The number of ether oxygens (including phenoxy) is 4. The summed E-state index contributed by atoms with van der Waals surface area (Å²) in [5.74, 6) is 3.01. The quantitative estimate of drug-likeness (QED) is 0.560. The Labute approximate surface area is 183 Å². The summed E-state index contributed by atoms with van der Waals surface area (Å²) in [6.07, 6.45) is 3.22. The van der Waals surface area contributed by atoms with Crippen molar-refractivity contribution in [2.24, 2.45) is 0 Å². The predicted octanol–water partition coefficient (Wildman–Crippen LogP) is 4.52. The van der Waals surface area contributed by atoms with Crippen molar-refractivity contribution in [3.8, 4) is 23.0 Å². The summed E-state index contributed by atoms with van der Waals surface area (Å²) in [6.45, 7) is 2.74. The summed E-state index contributed by atoms with van der Waals surface area (Å²) >= 11 is 0. The predicted molar refractivity (Wildman–Crippen MR) is 120 cm³/mol. The highest BCUT2D eigenvalue weighted by Gasteiger charge is 2.31. The molecule has 0 radical (unpaired) electrons. The van der Waals surface area contributed by atoms with Gasteiger partial charge in [-0.15, -0.1) is 0 Å². The lowest BCUT2D eigenvalue weighted by molar-refractivity contribution is 0.215. The molecule has 2 aromatic carbocycles. The molecule has 0 amide bonds. The van der Waals surface area contributed by atoms with E-state index in [0.717, 1.165) is 43.1 Å². The molecule has 6 nitrogen and oxygen atoms in total. The minimum atomic E-state index is 0.0125. The van der Waals surface area contributed by atoms with Crippen molar-refractivity contribution in [2.75, 3.05) is 35.0 Å². The van der Waals surface area contributed by atoms with Crippen LogP contribution in [0.1, 0.15) is 29.3 Å². The van der Waals surface area contributed by atoms with Crippen molar-refractivity contribution in [3.63, 3.8) is 0 Å². The molecule has 0 bridgehead atoms. The Bertz CT molecular complexity index is 1030. The number of rotatable bonds is 7. The van der Waals surface area contributed by atoms with Crippen LogP contribution in [0.15, 0.2) is 54.7 Å². The van der Waals surface area contributed by atoms with Gasteiger partial charge in [0.05, 0.1) is 34.5 Å². The van der Waals surface area contributed by atoms with Gasteiger partial charge in [0.25, 0.3) is 0 Å². The molecule has 0 aliphatic carbocycles. The maximum Gasteiger partial charge on any atom is 0.164 e. The van der Waals surface area contributed by atoms with Gasteiger partial charge in [-0.3, -0.25) is 4.90 Å². The Morgan fingerprint density at radius 3 is 2.32 bits per heavy atom. The normalized spacial score (nSPS) is 16.3. The second-order valence-electron chi connectivity index (χ2n) is 7.65. The molecule has 1 aromatic heterocycles. The van der Waals surface area contributed by atoms with E-state index in [9.17, 15) is 0 Å². The average molecular weight is 423 g/mol. The Morgan fingerprint density at radius 2 is 1.58 bits per heavy atom. The maximum atomic E-state index is 5.82. The Balaban J connectivity index is 1.82. The first-order valence-corrected chi connectivity index (χ1v) is 10.5. The van der Waals surface area contributed by atoms with E-state index in [1.54, 1.807) is 28.4 Å². The fraction of sp³-hybridized carbons (Fsp3) is 0.360. The van der Waals surface area contributed by atoms with Gasteiger partial charge in [-0.2, -0.15) is 0 Å². The first-order valence-electron chi connectivity index (χ1n) is 10.5. The molecule has 0 spiro atoms. The van der Waals surface area contributed by atoms with Crippen molar-refractivity contribution in [3.05, 3.63) is 71.5 Å². The van der Waals surface area contributed by atoms with Gasteiger partial charge in [0.1, 0.15) is 11.5 Å². The van der Waals surface area contributed by atoms with E-state index in [4.69, 9.17) is 18.9 Å². The van der Waals surface area contributed by atoms with E-state index in [1.165, 1.54) is 11.3 Å². The van der Waals surface area contributed by atoms with Gasteiger partial charge in [-0.25, -0.2) is 0 Å². The molecular formula is C25H30N2O4. The third-order valence-electron chi connectivity index (χ3n) is 5.90. The zero-order valence-corrected chi connectivity index (χ0v) is 18.6. The van der Waals surface area contributed by atoms with E-state index in [0.29, 0.717) is 11.5 Å². The Hall–Kier alpha value is -3.12. The van der Waals surface area contributed by atoms with E-state index in [-0.39, 0.29) is 6.04 Å². The largest absolute Gasteiger partial charge is 0.497 e. The molecule has 1 atom stereocenters. The maximum absolute atomic E-state index is 5.82. The van der Waals surface area contributed by atoms with Crippen molar-refractivity contribution in [2.45, 2.75) is 25.6 Å². The topological polar surface area (TPSA) is 45.1 Å². The standard InChI is InChI=1S/C25H30N2O4/c1-28-19-9-5-8-18(14-19)17-27-13-7-12-26-11-6-10-21(26)25(27)20-15-23(30-3)24(31-4)16-22(20)29-2/h5-6,8-11,14-16,25H,7,12-13,17H2,1-4H3/t25-/m0/s1. The monoisotopic (exact) mass is 422 g/mol. The fourth-order valence-electron chi connectivity index (χ4n) is 4.44. The van der Waals surface area contributed by atoms with Crippen LogP contribution in [0.5, 0.6) is 23.0 Å². The average Bonchev–Trinajstić information content (AvgIpc) is 3.20. The van der Waals surface area contributed by atoms with Crippen LogP contribution in [0.3, 0.4) is 0 Å². The van der Waals surface area contributed by atoms with Crippen LogP contribution < -0.4 is 18.9 Å². The number of nitrogens with zero attached hydrogens (tertiary/aromatic N) is 2. The number of hydrogen-bond acceptors (Lipinski definition) is 5. The first kappa shape index (κ1) is 21.1. The minimum Gasteiger partial charge on any atom is -0.497 e. The number of benzene rings is 2. The van der Waals surface area contributed by atoms with Crippen molar-refractivity contribution >= 4 is 0 Å². The van der Waals surface area contributed by atoms with Gasteiger partial charge in [0, 0.05) is 43.2 Å². The highest BCUT2D eigenvalue weighted by Crippen LogP contribution is 2.43. The van der Waals surface area contributed by atoms with Gasteiger partial charge in [0.2, 0.25) is 0 Å². The summed E-state index contributed by atoms with van der Waals surface area (Å²) in [5.41, 5.74) is 3.51. The molecular weight excluding hydrogens is 392 g/mol. The van der Waals surface area contributed by atoms with Gasteiger partial charge in [0.15, 0.2) is 11.5 Å². The highest BCUT2D eigenvalue weighted by molar-refractivity contribution is 5.53. The molecule has 0 N–H and O–H groups in total. The molecule has 2 heterocycles.